The number of halogens is 1. The predicted molar refractivity (Wildman–Crippen MR) is 59.2 cm³/mol. The third-order valence-electron chi connectivity index (χ3n) is 2.91. The zero-order valence-corrected chi connectivity index (χ0v) is 9.37. The summed E-state index contributed by atoms with van der Waals surface area (Å²) >= 11 is 5.76. The molecule has 80 valence electrons. The number of carbonyl (C=O) groups is 1. The number of hydrogen-bond acceptors (Lipinski definition) is 3. The summed E-state index contributed by atoms with van der Waals surface area (Å²) in [5.41, 5.74) is 1.47. The molecule has 0 unspecified atom stereocenters. The van der Waals surface area contributed by atoms with Crippen molar-refractivity contribution >= 4 is 17.9 Å². The van der Waals surface area contributed by atoms with Crippen LogP contribution in [0.3, 0.4) is 0 Å². The molecule has 2 heterocycles. The second-order valence-corrected chi connectivity index (χ2v) is 4.25. The van der Waals surface area contributed by atoms with Crippen LogP contribution in [0.15, 0.2) is 12.1 Å². The lowest BCUT2D eigenvalue weighted by atomic mass is 10.0. The molecule has 2 rings (SSSR count). The Balaban J connectivity index is 2.38. The van der Waals surface area contributed by atoms with Crippen molar-refractivity contribution in [3.8, 4) is 0 Å². The Bertz CT molecular complexity index is 381. The molecular formula is C11H13ClN2O. The molecular weight excluding hydrogens is 212 g/mol. The van der Waals surface area contributed by atoms with E-state index in [0.717, 1.165) is 24.8 Å². The Morgan fingerprint density at radius 1 is 1.60 bits per heavy atom. The summed E-state index contributed by atoms with van der Waals surface area (Å²) in [6, 6.07) is 3.97. The first-order valence-corrected chi connectivity index (χ1v) is 5.42. The van der Waals surface area contributed by atoms with E-state index in [1.807, 2.05) is 6.07 Å². The minimum atomic E-state index is 0.315. The fourth-order valence-corrected chi connectivity index (χ4v) is 2.29. The summed E-state index contributed by atoms with van der Waals surface area (Å²) in [5, 5.41) is 0.376. The van der Waals surface area contributed by atoms with Crippen LogP contribution in [-0.2, 0) is 0 Å². The van der Waals surface area contributed by atoms with Gasteiger partial charge in [0.15, 0.2) is 6.29 Å². The van der Waals surface area contributed by atoms with Crippen molar-refractivity contribution in [2.45, 2.75) is 18.9 Å². The highest BCUT2D eigenvalue weighted by atomic mass is 35.5. The van der Waals surface area contributed by atoms with Gasteiger partial charge in [-0.25, -0.2) is 4.98 Å². The van der Waals surface area contributed by atoms with E-state index < -0.39 is 0 Å². The van der Waals surface area contributed by atoms with Crippen LogP contribution in [0.4, 0.5) is 0 Å². The maximum absolute atomic E-state index is 10.9. The lowest BCUT2D eigenvalue weighted by Gasteiger charge is -2.20. The molecule has 0 spiro atoms. The highest BCUT2D eigenvalue weighted by molar-refractivity contribution is 6.29. The van der Waals surface area contributed by atoms with E-state index in [4.69, 9.17) is 11.6 Å². The molecule has 0 amide bonds. The Labute approximate surface area is 94.1 Å². The van der Waals surface area contributed by atoms with Crippen LogP contribution in [0.25, 0.3) is 0 Å². The smallest absolute Gasteiger partial charge is 0.168 e. The summed E-state index contributed by atoms with van der Waals surface area (Å²) in [5.74, 6) is 0. The van der Waals surface area contributed by atoms with Gasteiger partial charge in [-0.3, -0.25) is 9.69 Å². The van der Waals surface area contributed by atoms with Crippen LogP contribution in [-0.4, -0.2) is 29.8 Å². The maximum Gasteiger partial charge on any atom is 0.168 e. The molecule has 1 aromatic heterocycles. The zero-order valence-electron chi connectivity index (χ0n) is 8.61. The second-order valence-electron chi connectivity index (χ2n) is 3.86. The molecule has 15 heavy (non-hydrogen) atoms. The number of likely N-dealkylation sites (tertiary alicyclic amines) is 1. The molecule has 1 fully saturated rings. The molecule has 0 bridgehead atoms. The fraction of sp³-hybridized carbons (Fsp3) is 0.455. The Morgan fingerprint density at radius 2 is 2.40 bits per heavy atom. The lowest BCUT2D eigenvalue weighted by Crippen LogP contribution is -2.19. The summed E-state index contributed by atoms with van der Waals surface area (Å²) in [6.45, 7) is 1.07. The summed E-state index contributed by atoms with van der Waals surface area (Å²) in [7, 11) is 2.07. The van der Waals surface area contributed by atoms with E-state index in [9.17, 15) is 4.79 Å². The Morgan fingerprint density at radius 3 is 3.00 bits per heavy atom. The average Bonchev–Trinajstić information content (AvgIpc) is 2.64. The first kappa shape index (κ1) is 10.6. The first-order valence-electron chi connectivity index (χ1n) is 5.04. The highest BCUT2D eigenvalue weighted by Crippen LogP contribution is 2.31. The Hall–Kier alpha value is -0.930. The van der Waals surface area contributed by atoms with Gasteiger partial charge in [-0.05, 0) is 38.1 Å². The van der Waals surface area contributed by atoms with E-state index in [2.05, 4.69) is 16.9 Å². The third kappa shape index (κ3) is 2.03. The van der Waals surface area contributed by atoms with Gasteiger partial charge in [0.2, 0.25) is 0 Å². The molecule has 1 atom stereocenters. The largest absolute Gasteiger partial charge is 0.299 e. The van der Waals surface area contributed by atoms with E-state index >= 15 is 0 Å². The third-order valence-corrected chi connectivity index (χ3v) is 3.13. The number of aldehydes is 1. The topological polar surface area (TPSA) is 33.2 Å². The number of aromatic nitrogens is 1. The van der Waals surface area contributed by atoms with Crippen LogP contribution in [0.5, 0.6) is 0 Å². The fourth-order valence-electron chi connectivity index (χ4n) is 2.14. The molecule has 0 radical (unpaired) electrons. The van der Waals surface area contributed by atoms with Gasteiger partial charge in [0.1, 0.15) is 10.8 Å². The van der Waals surface area contributed by atoms with Gasteiger partial charge >= 0.3 is 0 Å². The van der Waals surface area contributed by atoms with Crippen LogP contribution in [0.2, 0.25) is 5.15 Å². The highest BCUT2D eigenvalue weighted by Gasteiger charge is 2.25. The van der Waals surface area contributed by atoms with Gasteiger partial charge in [0.25, 0.3) is 0 Å². The van der Waals surface area contributed by atoms with E-state index in [0.29, 0.717) is 16.9 Å². The molecule has 0 aromatic carbocycles. The first-order chi connectivity index (χ1) is 7.22. The molecule has 0 saturated carbocycles. The van der Waals surface area contributed by atoms with Crippen molar-refractivity contribution in [3.63, 3.8) is 0 Å². The van der Waals surface area contributed by atoms with Crippen molar-refractivity contribution in [1.82, 2.24) is 9.88 Å². The molecule has 0 aliphatic carbocycles. The standard InChI is InChI=1S/C11H13ClN2O/c1-14-6-2-3-10(14)8-4-5-11(12)13-9(8)7-15/h4-5,7,10H,2-3,6H2,1H3/t10-/m0/s1. The van der Waals surface area contributed by atoms with Gasteiger partial charge in [-0.15, -0.1) is 0 Å². The monoisotopic (exact) mass is 224 g/mol. The number of nitrogens with zero attached hydrogens (tertiary/aromatic N) is 2. The number of carbonyl (C=O) groups excluding carboxylic acids is 1. The van der Waals surface area contributed by atoms with Crippen molar-refractivity contribution in [1.29, 1.82) is 0 Å². The van der Waals surface area contributed by atoms with Crippen LogP contribution in [0.1, 0.15) is 34.9 Å². The average molecular weight is 225 g/mol. The number of rotatable bonds is 2. The van der Waals surface area contributed by atoms with Crippen molar-refractivity contribution < 1.29 is 4.79 Å². The van der Waals surface area contributed by atoms with Gasteiger partial charge < -0.3 is 0 Å². The molecule has 1 aliphatic rings. The van der Waals surface area contributed by atoms with E-state index in [-0.39, 0.29) is 0 Å². The molecule has 1 saturated heterocycles. The SMILES string of the molecule is CN1CCC[C@H]1c1ccc(Cl)nc1C=O. The lowest BCUT2D eigenvalue weighted by molar-refractivity contribution is 0.111. The summed E-state index contributed by atoms with van der Waals surface area (Å²) in [6.07, 6.45) is 3.04. The molecule has 0 N–H and O–H groups in total. The van der Waals surface area contributed by atoms with Crippen LogP contribution in [0, 0.1) is 0 Å². The van der Waals surface area contributed by atoms with Crippen molar-refractivity contribution in [2.75, 3.05) is 13.6 Å². The van der Waals surface area contributed by atoms with Gasteiger partial charge in [-0.1, -0.05) is 17.7 Å². The number of hydrogen-bond donors (Lipinski definition) is 0. The van der Waals surface area contributed by atoms with E-state index in [1.54, 1.807) is 6.07 Å². The van der Waals surface area contributed by atoms with Gasteiger partial charge in [-0.2, -0.15) is 0 Å². The molecule has 1 aromatic rings. The van der Waals surface area contributed by atoms with Crippen LogP contribution >= 0.6 is 11.6 Å². The molecule has 4 heteroatoms. The summed E-state index contributed by atoms with van der Waals surface area (Å²) in [4.78, 5) is 17.2. The van der Waals surface area contributed by atoms with Crippen molar-refractivity contribution in [2.24, 2.45) is 0 Å². The number of pyridine rings is 1. The normalized spacial score (nSPS) is 21.9. The quantitative estimate of drug-likeness (QED) is 0.571. The maximum atomic E-state index is 10.9. The van der Waals surface area contributed by atoms with Gasteiger partial charge in [0.05, 0.1) is 0 Å². The zero-order chi connectivity index (χ0) is 10.8. The van der Waals surface area contributed by atoms with Gasteiger partial charge in [0, 0.05) is 6.04 Å². The summed E-state index contributed by atoms with van der Waals surface area (Å²) < 4.78 is 0. The minimum absolute atomic E-state index is 0.315. The van der Waals surface area contributed by atoms with Crippen molar-refractivity contribution in [3.05, 3.63) is 28.5 Å². The van der Waals surface area contributed by atoms with Crippen LogP contribution < -0.4 is 0 Å². The van der Waals surface area contributed by atoms with E-state index in [1.165, 1.54) is 6.42 Å². The predicted octanol–water partition coefficient (Wildman–Crippen LogP) is 2.31. The Kier molecular flexibility index (Phi) is 3.03. The minimum Gasteiger partial charge on any atom is -0.299 e. The molecule has 3 nitrogen and oxygen atoms in total. The second kappa shape index (κ2) is 4.29. The molecule has 1 aliphatic heterocycles.